The second-order valence-corrected chi connectivity index (χ2v) is 6.22. The number of nitrogens with zero attached hydrogens (tertiary/aromatic N) is 1. The molecule has 2 aromatic carbocycles. The molecule has 1 heterocycles. The zero-order valence-corrected chi connectivity index (χ0v) is 14.9. The number of aromatic nitrogens is 1. The molecule has 0 aliphatic heterocycles. The maximum atomic E-state index is 8.80. The minimum Gasteiger partial charge on any atom is -0.497 e. The van der Waals surface area contributed by atoms with Crippen LogP contribution in [-0.2, 0) is 0 Å². The fraction of sp³-hybridized carbons (Fsp3) is 0.316. The number of benzene rings is 2. The normalized spacial score (nSPS) is 11.2. The van der Waals surface area contributed by atoms with Gasteiger partial charge in [-0.05, 0) is 49.4 Å². The zero-order valence-electron chi connectivity index (χ0n) is 14.2. The van der Waals surface area contributed by atoms with Crippen molar-refractivity contribution in [1.29, 1.82) is 0 Å². The number of methoxy groups -OCH3 is 1. The molecule has 0 atom stereocenters. The smallest absolute Gasteiger partial charge is 0.119 e. The Bertz CT molecular complexity index is 870. The molecule has 0 fully saturated rings. The van der Waals surface area contributed by atoms with Crippen LogP contribution < -0.4 is 15.4 Å². The number of ether oxygens (including phenoxy) is 1. The molecule has 0 radical (unpaired) electrons. The lowest BCUT2D eigenvalue weighted by molar-refractivity contribution is 0.292. The van der Waals surface area contributed by atoms with Crippen LogP contribution in [0, 0.1) is 0 Å². The molecule has 132 valence electrons. The lowest BCUT2D eigenvalue weighted by atomic mass is 10.1. The van der Waals surface area contributed by atoms with Crippen LogP contribution in [0.5, 0.6) is 5.75 Å². The van der Waals surface area contributed by atoms with Crippen LogP contribution in [0.25, 0.3) is 21.8 Å². The third kappa shape index (κ3) is 4.12. The Morgan fingerprint density at radius 2 is 1.92 bits per heavy atom. The lowest BCUT2D eigenvalue weighted by Gasteiger charge is -2.14. The standard InChI is InChI=1S/C19H22ClN3O2/c1-25-14-4-6-17-16(12-14)19(22-8-2-7-21-9-10-24)15-5-3-13(20)11-18(15)23-17/h3-6,11-12,21,24H,2,7-10H2,1H3,(H,22,23). The van der Waals surface area contributed by atoms with Gasteiger partial charge in [0.2, 0.25) is 0 Å². The van der Waals surface area contributed by atoms with Gasteiger partial charge in [0, 0.05) is 28.9 Å². The molecule has 0 amide bonds. The van der Waals surface area contributed by atoms with E-state index in [0.717, 1.165) is 52.8 Å². The van der Waals surface area contributed by atoms with E-state index in [4.69, 9.17) is 26.4 Å². The summed E-state index contributed by atoms with van der Waals surface area (Å²) in [6.07, 6.45) is 0.947. The van der Waals surface area contributed by atoms with Gasteiger partial charge in [-0.1, -0.05) is 11.6 Å². The van der Waals surface area contributed by atoms with Crippen LogP contribution in [-0.4, -0.2) is 43.4 Å². The van der Waals surface area contributed by atoms with Crippen molar-refractivity contribution in [3.63, 3.8) is 0 Å². The zero-order chi connectivity index (χ0) is 17.6. The summed E-state index contributed by atoms with van der Waals surface area (Å²) in [5.74, 6) is 0.801. The maximum Gasteiger partial charge on any atom is 0.119 e. The largest absolute Gasteiger partial charge is 0.497 e. The summed E-state index contributed by atoms with van der Waals surface area (Å²) in [5, 5.41) is 18.3. The molecule has 0 aliphatic carbocycles. The summed E-state index contributed by atoms with van der Waals surface area (Å²) in [7, 11) is 1.66. The van der Waals surface area contributed by atoms with Crippen molar-refractivity contribution in [2.45, 2.75) is 6.42 Å². The van der Waals surface area contributed by atoms with E-state index in [1.165, 1.54) is 0 Å². The van der Waals surface area contributed by atoms with E-state index < -0.39 is 0 Å². The Balaban J connectivity index is 1.95. The van der Waals surface area contributed by atoms with Gasteiger partial charge in [-0.3, -0.25) is 0 Å². The van der Waals surface area contributed by atoms with Crippen molar-refractivity contribution in [3.8, 4) is 5.75 Å². The fourth-order valence-corrected chi connectivity index (χ4v) is 3.01. The van der Waals surface area contributed by atoms with Crippen molar-refractivity contribution in [2.24, 2.45) is 0 Å². The van der Waals surface area contributed by atoms with Gasteiger partial charge in [0.25, 0.3) is 0 Å². The number of hydrogen-bond acceptors (Lipinski definition) is 5. The monoisotopic (exact) mass is 359 g/mol. The van der Waals surface area contributed by atoms with Crippen LogP contribution in [0.3, 0.4) is 0 Å². The highest BCUT2D eigenvalue weighted by Gasteiger charge is 2.10. The topological polar surface area (TPSA) is 66.4 Å². The van der Waals surface area contributed by atoms with Crippen LogP contribution in [0.4, 0.5) is 5.69 Å². The SMILES string of the molecule is COc1ccc2nc3cc(Cl)ccc3c(NCCCNCCO)c2c1. The van der Waals surface area contributed by atoms with Gasteiger partial charge in [-0.15, -0.1) is 0 Å². The molecule has 0 spiro atoms. The molecule has 0 unspecified atom stereocenters. The van der Waals surface area contributed by atoms with E-state index in [1.807, 2.05) is 36.4 Å². The number of anilines is 1. The highest BCUT2D eigenvalue weighted by Crippen LogP contribution is 2.34. The first-order valence-corrected chi connectivity index (χ1v) is 8.73. The Hall–Kier alpha value is -2.08. The van der Waals surface area contributed by atoms with E-state index in [9.17, 15) is 0 Å². The van der Waals surface area contributed by atoms with Crippen LogP contribution in [0.1, 0.15) is 6.42 Å². The quantitative estimate of drug-likeness (QED) is 0.424. The summed E-state index contributed by atoms with van der Waals surface area (Å²) in [6.45, 7) is 2.45. The molecule has 0 bridgehead atoms. The fourth-order valence-electron chi connectivity index (χ4n) is 2.84. The molecular weight excluding hydrogens is 338 g/mol. The number of halogens is 1. The molecule has 3 aromatic rings. The van der Waals surface area contributed by atoms with Gasteiger partial charge in [-0.2, -0.15) is 0 Å². The summed E-state index contributed by atoms with van der Waals surface area (Å²) in [5.41, 5.74) is 2.81. The van der Waals surface area contributed by atoms with E-state index in [-0.39, 0.29) is 6.61 Å². The number of aliphatic hydroxyl groups excluding tert-OH is 1. The molecule has 1 aromatic heterocycles. The molecule has 0 aliphatic rings. The molecule has 25 heavy (non-hydrogen) atoms. The highest BCUT2D eigenvalue weighted by molar-refractivity contribution is 6.31. The van der Waals surface area contributed by atoms with Gasteiger partial charge in [0.05, 0.1) is 30.4 Å². The number of aliphatic hydroxyl groups is 1. The van der Waals surface area contributed by atoms with Gasteiger partial charge in [0.1, 0.15) is 5.75 Å². The Kier molecular flexibility index (Phi) is 5.91. The molecule has 0 saturated carbocycles. The first kappa shape index (κ1) is 17.7. The minimum atomic E-state index is 0.160. The molecule has 0 saturated heterocycles. The number of hydrogen-bond donors (Lipinski definition) is 3. The number of pyridine rings is 1. The number of rotatable bonds is 8. The van der Waals surface area contributed by atoms with E-state index in [1.54, 1.807) is 7.11 Å². The lowest BCUT2D eigenvalue weighted by Crippen LogP contribution is -2.21. The number of nitrogens with one attached hydrogen (secondary N) is 2. The average molecular weight is 360 g/mol. The Morgan fingerprint density at radius 1 is 1.04 bits per heavy atom. The predicted octanol–water partition coefficient (Wildman–Crippen LogP) is 3.43. The minimum absolute atomic E-state index is 0.160. The third-order valence-electron chi connectivity index (χ3n) is 4.06. The Morgan fingerprint density at radius 3 is 2.72 bits per heavy atom. The van der Waals surface area contributed by atoms with Crippen LogP contribution in [0.2, 0.25) is 5.02 Å². The summed E-state index contributed by atoms with van der Waals surface area (Å²) >= 11 is 6.14. The number of fused-ring (bicyclic) bond motifs is 2. The first-order valence-electron chi connectivity index (χ1n) is 8.35. The molecule has 3 rings (SSSR count). The molecule has 6 heteroatoms. The summed E-state index contributed by atoms with van der Waals surface area (Å²) in [6, 6.07) is 11.6. The van der Waals surface area contributed by atoms with Crippen LogP contribution in [0.15, 0.2) is 36.4 Å². The van der Waals surface area contributed by atoms with E-state index in [2.05, 4.69) is 10.6 Å². The van der Waals surface area contributed by atoms with Gasteiger partial charge in [-0.25, -0.2) is 4.98 Å². The molecule has 3 N–H and O–H groups in total. The van der Waals surface area contributed by atoms with Crippen LogP contribution >= 0.6 is 11.6 Å². The summed E-state index contributed by atoms with van der Waals surface area (Å²) in [4.78, 5) is 4.72. The van der Waals surface area contributed by atoms with Crippen molar-refractivity contribution in [2.75, 3.05) is 38.7 Å². The van der Waals surface area contributed by atoms with Crippen molar-refractivity contribution in [3.05, 3.63) is 41.4 Å². The molecular formula is C19H22ClN3O2. The third-order valence-corrected chi connectivity index (χ3v) is 4.30. The van der Waals surface area contributed by atoms with E-state index >= 15 is 0 Å². The second kappa shape index (κ2) is 8.34. The Labute approximate surface area is 152 Å². The second-order valence-electron chi connectivity index (χ2n) is 5.79. The van der Waals surface area contributed by atoms with Gasteiger partial charge >= 0.3 is 0 Å². The molecule has 5 nitrogen and oxygen atoms in total. The van der Waals surface area contributed by atoms with Crippen molar-refractivity contribution < 1.29 is 9.84 Å². The van der Waals surface area contributed by atoms with E-state index in [0.29, 0.717) is 11.6 Å². The highest BCUT2D eigenvalue weighted by atomic mass is 35.5. The average Bonchev–Trinajstić information content (AvgIpc) is 2.63. The predicted molar refractivity (Wildman–Crippen MR) is 104 cm³/mol. The van der Waals surface area contributed by atoms with Crippen molar-refractivity contribution in [1.82, 2.24) is 10.3 Å². The maximum absolute atomic E-state index is 8.80. The van der Waals surface area contributed by atoms with Gasteiger partial charge in [0.15, 0.2) is 0 Å². The van der Waals surface area contributed by atoms with Gasteiger partial charge < -0.3 is 20.5 Å². The summed E-state index contributed by atoms with van der Waals surface area (Å²) < 4.78 is 5.37. The first-order chi connectivity index (χ1) is 12.2. The van der Waals surface area contributed by atoms with Crippen molar-refractivity contribution >= 4 is 39.1 Å².